The van der Waals surface area contributed by atoms with E-state index in [1.165, 1.54) is 11.1 Å². The van der Waals surface area contributed by atoms with Gasteiger partial charge in [-0.05, 0) is 35.7 Å². The van der Waals surface area contributed by atoms with Crippen molar-refractivity contribution in [2.75, 3.05) is 40.4 Å². The molecule has 2 aliphatic rings. The minimum Gasteiger partial charge on any atom is -0.493 e. The van der Waals surface area contributed by atoms with Crippen LogP contribution in [0.3, 0.4) is 0 Å². The van der Waals surface area contributed by atoms with Crippen LogP contribution < -0.4 is 9.47 Å². The molecule has 1 saturated heterocycles. The van der Waals surface area contributed by atoms with E-state index in [0.29, 0.717) is 17.1 Å². The summed E-state index contributed by atoms with van der Waals surface area (Å²) in [5, 5.41) is 0. The molecule has 1 amide bonds. The van der Waals surface area contributed by atoms with Gasteiger partial charge in [-0.2, -0.15) is 0 Å². The number of rotatable bonds is 3. The Kier molecular flexibility index (Phi) is 4.55. The molecule has 1 atom stereocenters. The second-order valence-corrected chi connectivity index (χ2v) is 6.82. The zero-order valence-electron chi connectivity index (χ0n) is 15.3. The van der Waals surface area contributed by atoms with Crippen molar-refractivity contribution in [3.8, 4) is 11.5 Å². The van der Waals surface area contributed by atoms with Crippen LogP contribution in [0.15, 0.2) is 42.5 Å². The molecule has 0 aliphatic carbocycles. The van der Waals surface area contributed by atoms with E-state index in [2.05, 4.69) is 29.2 Å². The van der Waals surface area contributed by atoms with E-state index < -0.39 is 0 Å². The fraction of sp³-hybridized carbons (Fsp3) is 0.381. The number of hydrogen-bond donors (Lipinski definition) is 0. The first-order chi connectivity index (χ1) is 12.7. The van der Waals surface area contributed by atoms with Crippen molar-refractivity contribution < 1.29 is 14.3 Å². The standard InChI is InChI=1S/C21H24N2O3/c1-25-19-8-7-16(13-20(19)26-2)21(24)23-12-11-22-10-9-15-5-3-4-6-17(15)18(22)14-23/h3-8,13,18H,9-12,14H2,1-2H3. The zero-order valence-corrected chi connectivity index (χ0v) is 15.3. The quantitative estimate of drug-likeness (QED) is 0.852. The molecular formula is C21H24N2O3. The molecule has 136 valence electrons. The fourth-order valence-electron chi connectivity index (χ4n) is 4.07. The molecule has 2 heterocycles. The Bertz CT molecular complexity index is 821. The number of amides is 1. The number of ether oxygens (including phenoxy) is 2. The molecule has 26 heavy (non-hydrogen) atoms. The average Bonchev–Trinajstić information content (AvgIpc) is 2.72. The van der Waals surface area contributed by atoms with E-state index in [4.69, 9.17) is 9.47 Å². The molecule has 0 N–H and O–H groups in total. The zero-order chi connectivity index (χ0) is 18.1. The van der Waals surface area contributed by atoms with Crippen LogP contribution in [0, 0.1) is 0 Å². The van der Waals surface area contributed by atoms with Gasteiger partial charge in [0.1, 0.15) is 0 Å². The topological polar surface area (TPSA) is 42.0 Å². The molecule has 5 heteroatoms. The maximum atomic E-state index is 13.1. The summed E-state index contributed by atoms with van der Waals surface area (Å²) in [5.74, 6) is 1.27. The van der Waals surface area contributed by atoms with Crippen molar-refractivity contribution in [3.63, 3.8) is 0 Å². The Morgan fingerprint density at radius 1 is 1.00 bits per heavy atom. The van der Waals surface area contributed by atoms with Crippen LogP contribution in [0.5, 0.6) is 11.5 Å². The summed E-state index contributed by atoms with van der Waals surface area (Å²) in [6.07, 6.45) is 1.09. The van der Waals surface area contributed by atoms with Crippen LogP contribution in [0.4, 0.5) is 0 Å². The summed E-state index contributed by atoms with van der Waals surface area (Å²) in [6.45, 7) is 3.47. The third-order valence-corrected chi connectivity index (χ3v) is 5.49. The normalized spacial score (nSPS) is 19.5. The predicted octanol–water partition coefficient (Wildman–Crippen LogP) is 2.76. The van der Waals surface area contributed by atoms with Gasteiger partial charge in [0.2, 0.25) is 0 Å². The van der Waals surface area contributed by atoms with Crippen LogP contribution >= 0.6 is 0 Å². The summed E-state index contributed by atoms with van der Waals surface area (Å²) in [6, 6.07) is 14.3. The average molecular weight is 352 g/mol. The van der Waals surface area contributed by atoms with Gasteiger partial charge >= 0.3 is 0 Å². The molecule has 0 saturated carbocycles. The first-order valence-electron chi connectivity index (χ1n) is 9.04. The molecule has 2 aromatic carbocycles. The highest BCUT2D eigenvalue weighted by Crippen LogP contribution is 2.33. The van der Waals surface area contributed by atoms with E-state index >= 15 is 0 Å². The highest BCUT2D eigenvalue weighted by molar-refractivity contribution is 5.95. The molecule has 1 fully saturated rings. The molecule has 0 spiro atoms. The molecule has 4 rings (SSSR count). The smallest absolute Gasteiger partial charge is 0.254 e. The molecule has 5 nitrogen and oxygen atoms in total. The monoisotopic (exact) mass is 352 g/mol. The molecular weight excluding hydrogens is 328 g/mol. The van der Waals surface area contributed by atoms with Crippen LogP contribution in [0.2, 0.25) is 0 Å². The van der Waals surface area contributed by atoms with Gasteiger partial charge in [-0.3, -0.25) is 9.69 Å². The lowest BCUT2D eigenvalue weighted by molar-refractivity contribution is 0.0453. The molecule has 2 aromatic rings. The van der Waals surface area contributed by atoms with Crippen molar-refractivity contribution in [1.29, 1.82) is 0 Å². The highest BCUT2D eigenvalue weighted by atomic mass is 16.5. The van der Waals surface area contributed by atoms with Gasteiger partial charge < -0.3 is 14.4 Å². The number of fused-ring (bicyclic) bond motifs is 3. The number of methoxy groups -OCH3 is 2. The van der Waals surface area contributed by atoms with Gasteiger partial charge in [0.05, 0.1) is 20.3 Å². The lowest BCUT2D eigenvalue weighted by Gasteiger charge is -2.45. The third kappa shape index (κ3) is 2.92. The first-order valence-corrected chi connectivity index (χ1v) is 9.04. The second kappa shape index (κ2) is 7.00. The van der Waals surface area contributed by atoms with Crippen LogP contribution in [0.1, 0.15) is 27.5 Å². The highest BCUT2D eigenvalue weighted by Gasteiger charge is 2.34. The molecule has 0 bridgehead atoms. The van der Waals surface area contributed by atoms with Crippen molar-refractivity contribution >= 4 is 5.91 Å². The fourth-order valence-corrected chi connectivity index (χ4v) is 4.07. The molecule has 0 radical (unpaired) electrons. The molecule has 0 aromatic heterocycles. The van der Waals surface area contributed by atoms with Gasteiger partial charge in [-0.1, -0.05) is 24.3 Å². The van der Waals surface area contributed by atoms with Crippen LogP contribution in [-0.2, 0) is 6.42 Å². The lowest BCUT2D eigenvalue weighted by atomic mass is 9.91. The number of benzene rings is 2. The molecule has 2 aliphatic heterocycles. The van der Waals surface area contributed by atoms with Gasteiger partial charge in [0.25, 0.3) is 5.91 Å². The molecule has 1 unspecified atom stereocenters. The van der Waals surface area contributed by atoms with Crippen LogP contribution in [-0.4, -0.2) is 56.1 Å². The van der Waals surface area contributed by atoms with E-state index in [9.17, 15) is 4.79 Å². The van der Waals surface area contributed by atoms with Crippen molar-refractivity contribution in [1.82, 2.24) is 9.80 Å². The van der Waals surface area contributed by atoms with Gasteiger partial charge in [0.15, 0.2) is 11.5 Å². The Morgan fingerprint density at radius 3 is 2.62 bits per heavy atom. The van der Waals surface area contributed by atoms with E-state index in [0.717, 1.165) is 32.6 Å². The maximum Gasteiger partial charge on any atom is 0.254 e. The summed E-state index contributed by atoms with van der Waals surface area (Å²) in [7, 11) is 3.18. The van der Waals surface area contributed by atoms with E-state index in [1.807, 2.05) is 11.0 Å². The van der Waals surface area contributed by atoms with Crippen molar-refractivity contribution in [2.24, 2.45) is 0 Å². The van der Waals surface area contributed by atoms with E-state index in [1.54, 1.807) is 26.4 Å². The predicted molar refractivity (Wildman–Crippen MR) is 99.9 cm³/mol. The third-order valence-electron chi connectivity index (χ3n) is 5.49. The van der Waals surface area contributed by atoms with Crippen LogP contribution in [0.25, 0.3) is 0 Å². The summed E-state index contributed by atoms with van der Waals surface area (Å²) in [5.41, 5.74) is 3.41. The Hall–Kier alpha value is -2.53. The first kappa shape index (κ1) is 16.9. The maximum absolute atomic E-state index is 13.1. The van der Waals surface area contributed by atoms with Gasteiger partial charge in [0, 0.05) is 31.7 Å². The lowest BCUT2D eigenvalue weighted by Crippen LogP contribution is -2.52. The van der Waals surface area contributed by atoms with E-state index in [-0.39, 0.29) is 11.9 Å². The SMILES string of the molecule is COc1ccc(C(=O)N2CCN3CCc4ccccc4C3C2)cc1OC. The van der Waals surface area contributed by atoms with Crippen molar-refractivity contribution in [3.05, 3.63) is 59.2 Å². The summed E-state index contributed by atoms with van der Waals surface area (Å²) < 4.78 is 10.6. The minimum atomic E-state index is 0.0497. The number of nitrogens with zero attached hydrogens (tertiary/aromatic N) is 2. The number of carbonyl (C=O) groups is 1. The summed E-state index contributed by atoms with van der Waals surface area (Å²) >= 11 is 0. The number of carbonyl (C=O) groups excluding carboxylic acids is 1. The van der Waals surface area contributed by atoms with Crippen molar-refractivity contribution in [2.45, 2.75) is 12.5 Å². The Labute approximate surface area is 154 Å². The number of hydrogen-bond acceptors (Lipinski definition) is 4. The van der Waals surface area contributed by atoms with Gasteiger partial charge in [-0.25, -0.2) is 0 Å². The Morgan fingerprint density at radius 2 is 1.81 bits per heavy atom. The largest absolute Gasteiger partial charge is 0.493 e. The second-order valence-electron chi connectivity index (χ2n) is 6.82. The number of piperazine rings is 1. The Balaban J connectivity index is 1.57. The van der Waals surface area contributed by atoms with Gasteiger partial charge in [-0.15, -0.1) is 0 Å². The summed E-state index contributed by atoms with van der Waals surface area (Å²) in [4.78, 5) is 17.5. The minimum absolute atomic E-state index is 0.0497.